The number of hydrogen-bond donors (Lipinski definition) is 1. The van der Waals surface area contributed by atoms with Crippen molar-refractivity contribution in [1.82, 2.24) is 20.2 Å². The first-order valence-corrected chi connectivity index (χ1v) is 8.80. The van der Waals surface area contributed by atoms with Crippen molar-refractivity contribution in [1.29, 1.82) is 0 Å². The van der Waals surface area contributed by atoms with E-state index in [9.17, 15) is 9.18 Å². The van der Waals surface area contributed by atoms with Crippen molar-refractivity contribution in [2.75, 3.05) is 26.6 Å². The minimum atomic E-state index is -0.517. The maximum atomic E-state index is 14.1. The summed E-state index contributed by atoms with van der Waals surface area (Å²) in [6.07, 6.45) is 2.93. The summed E-state index contributed by atoms with van der Waals surface area (Å²) in [5.41, 5.74) is 1.19. The zero-order valence-electron chi connectivity index (χ0n) is 16.8. The summed E-state index contributed by atoms with van der Waals surface area (Å²) in [6.45, 7) is 1.64. The van der Waals surface area contributed by atoms with Crippen LogP contribution in [-0.2, 0) is 4.79 Å². The van der Waals surface area contributed by atoms with Crippen molar-refractivity contribution in [3.05, 3.63) is 53.6 Å². The lowest BCUT2D eigenvalue weighted by Crippen LogP contribution is -2.09. The number of anilines is 1. The van der Waals surface area contributed by atoms with Gasteiger partial charge in [-0.3, -0.25) is 4.79 Å². The number of hydrogen-bond acceptors (Lipinski definition) is 7. The molecule has 2 aromatic carbocycles. The molecule has 0 unspecified atom stereocenters. The molecule has 0 aliphatic heterocycles. The molecule has 1 N–H and O–H groups in total. The number of carbonyl (C=O) groups excluding carboxylic acids is 1. The molecule has 0 radical (unpaired) electrons. The number of nitrogens with zero attached hydrogens (tertiary/aromatic N) is 4. The molecule has 1 aromatic heterocycles. The Morgan fingerprint density at radius 2 is 1.80 bits per heavy atom. The van der Waals surface area contributed by atoms with Crippen LogP contribution in [0.2, 0.25) is 0 Å². The lowest BCUT2D eigenvalue weighted by Gasteiger charge is -2.12. The maximum Gasteiger partial charge on any atom is 0.248 e. The molecule has 0 spiro atoms. The van der Waals surface area contributed by atoms with Crippen LogP contribution in [0.15, 0.2) is 36.4 Å². The standard InChI is InChI=1S/C20H20FN5O4/c1-12-23-24-25-26(12)16-11-14(6-7-15(16)21)22-19(27)8-5-13-9-17(28-2)20(30-4)18(10-13)29-3/h5-11H,1-4H3,(H,22,27)/b8-5+. The highest BCUT2D eigenvalue weighted by Crippen LogP contribution is 2.38. The minimum absolute atomic E-state index is 0.129. The summed E-state index contributed by atoms with van der Waals surface area (Å²) in [5.74, 6) is 0.887. The van der Waals surface area contributed by atoms with Crippen LogP contribution < -0.4 is 19.5 Å². The Kier molecular flexibility index (Phi) is 6.26. The van der Waals surface area contributed by atoms with E-state index >= 15 is 0 Å². The smallest absolute Gasteiger partial charge is 0.248 e. The van der Waals surface area contributed by atoms with Crippen LogP contribution in [0, 0.1) is 12.7 Å². The predicted octanol–water partition coefficient (Wildman–Crippen LogP) is 2.79. The lowest BCUT2D eigenvalue weighted by atomic mass is 10.1. The van der Waals surface area contributed by atoms with Crippen LogP contribution >= 0.6 is 0 Å². The minimum Gasteiger partial charge on any atom is -0.493 e. The SMILES string of the molecule is COc1cc(/C=C/C(=O)Nc2ccc(F)c(-n3nnnc3C)c2)cc(OC)c1OC. The van der Waals surface area contributed by atoms with Crippen molar-refractivity contribution in [2.24, 2.45) is 0 Å². The van der Waals surface area contributed by atoms with Gasteiger partial charge < -0.3 is 19.5 Å². The fourth-order valence-electron chi connectivity index (χ4n) is 2.76. The third-order valence-electron chi connectivity index (χ3n) is 4.18. The van der Waals surface area contributed by atoms with E-state index in [0.29, 0.717) is 34.3 Å². The van der Waals surface area contributed by atoms with E-state index in [-0.39, 0.29) is 5.69 Å². The highest BCUT2D eigenvalue weighted by Gasteiger charge is 2.13. The average molecular weight is 413 g/mol. The fourth-order valence-corrected chi connectivity index (χ4v) is 2.76. The predicted molar refractivity (Wildman–Crippen MR) is 108 cm³/mol. The lowest BCUT2D eigenvalue weighted by molar-refractivity contribution is -0.111. The monoisotopic (exact) mass is 413 g/mol. The molecule has 1 amide bonds. The van der Waals surface area contributed by atoms with Crippen LogP contribution in [0.25, 0.3) is 11.8 Å². The molecular formula is C20H20FN5O4. The number of benzene rings is 2. The van der Waals surface area contributed by atoms with Gasteiger partial charge in [-0.1, -0.05) is 0 Å². The molecule has 3 rings (SSSR count). The molecule has 0 bridgehead atoms. The number of amides is 1. The summed E-state index contributed by atoms with van der Waals surface area (Å²) < 4.78 is 31.3. The molecule has 0 atom stereocenters. The molecule has 10 heteroatoms. The van der Waals surface area contributed by atoms with Gasteiger partial charge in [-0.2, -0.15) is 4.68 Å². The molecule has 0 saturated heterocycles. The second-order valence-corrected chi connectivity index (χ2v) is 6.09. The number of aromatic nitrogens is 4. The molecule has 156 valence electrons. The number of tetrazole rings is 1. The van der Waals surface area contributed by atoms with Crippen LogP contribution in [-0.4, -0.2) is 47.4 Å². The summed E-state index contributed by atoms with van der Waals surface area (Å²) in [5, 5.41) is 13.7. The molecule has 0 aliphatic carbocycles. The van der Waals surface area contributed by atoms with Gasteiger partial charge in [0, 0.05) is 11.8 Å². The van der Waals surface area contributed by atoms with Gasteiger partial charge in [0.2, 0.25) is 11.7 Å². The van der Waals surface area contributed by atoms with Crippen molar-refractivity contribution in [2.45, 2.75) is 6.92 Å². The summed E-state index contributed by atoms with van der Waals surface area (Å²) >= 11 is 0. The molecule has 30 heavy (non-hydrogen) atoms. The molecule has 0 fully saturated rings. The Bertz CT molecular complexity index is 1070. The van der Waals surface area contributed by atoms with E-state index in [4.69, 9.17) is 14.2 Å². The number of carbonyl (C=O) groups is 1. The van der Waals surface area contributed by atoms with Crippen LogP contribution in [0.5, 0.6) is 17.2 Å². The average Bonchev–Trinajstić information content (AvgIpc) is 3.18. The first-order chi connectivity index (χ1) is 14.5. The highest BCUT2D eigenvalue weighted by atomic mass is 19.1. The van der Waals surface area contributed by atoms with Gasteiger partial charge in [0.25, 0.3) is 0 Å². The number of ether oxygens (including phenoxy) is 3. The number of aryl methyl sites for hydroxylation is 1. The Labute approximate surface area is 172 Å². The number of halogens is 1. The summed E-state index contributed by atoms with van der Waals surface area (Å²) in [6, 6.07) is 7.55. The van der Waals surface area contributed by atoms with Crippen molar-refractivity contribution >= 4 is 17.7 Å². The third kappa shape index (κ3) is 4.37. The van der Waals surface area contributed by atoms with Gasteiger partial charge in [-0.25, -0.2) is 4.39 Å². The quantitative estimate of drug-likeness (QED) is 0.595. The number of nitrogens with one attached hydrogen (secondary N) is 1. The fraction of sp³-hybridized carbons (Fsp3) is 0.200. The summed E-state index contributed by atoms with van der Waals surface area (Å²) in [7, 11) is 4.53. The maximum absolute atomic E-state index is 14.1. The Morgan fingerprint density at radius 3 is 2.37 bits per heavy atom. The second kappa shape index (κ2) is 9.03. The molecular weight excluding hydrogens is 393 g/mol. The largest absolute Gasteiger partial charge is 0.493 e. The van der Waals surface area contributed by atoms with E-state index in [1.165, 1.54) is 50.3 Å². The van der Waals surface area contributed by atoms with Crippen LogP contribution in [0.4, 0.5) is 10.1 Å². The van der Waals surface area contributed by atoms with E-state index in [2.05, 4.69) is 20.8 Å². The van der Waals surface area contributed by atoms with E-state index < -0.39 is 11.7 Å². The van der Waals surface area contributed by atoms with Gasteiger partial charge in [0.05, 0.1) is 21.3 Å². The van der Waals surface area contributed by atoms with E-state index in [0.717, 1.165) is 0 Å². The summed E-state index contributed by atoms with van der Waals surface area (Å²) in [4.78, 5) is 12.3. The second-order valence-electron chi connectivity index (χ2n) is 6.09. The van der Waals surface area contributed by atoms with Crippen molar-refractivity contribution in [3.8, 4) is 22.9 Å². The molecule has 0 saturated carbocycles. The topological polar surface area (TPSA) is 100 Å². The molecule has 3 aromatic rings. The van der Waals surface area contributed by atoms with Crippen LogP contribution in [0.1, 0.15) is 11.4 Å². The van der Waals surface area contributed by atoms with Crippen molar-refractivity contribution < 1.29 is 23.4 Å². The van der Waals surface area contributed by atoms with Gasteiger partial charge in [0.15, 0.2) is 17.3 Å². The number of rotatable bonds is 7. The Balaban J connectivity index is 1.79. The zero-order chi connectivity index (χ0) is 21.7. The van der Waals surface area contributed by atoms with E-state index in [1.54, 1.807) is 25.1 Å². The number of methoxy groups -OCH3 is 3. The van der Waals surface area contributed by atoms with Gasteiger partial charge in [-0.05, 0) is 59.3 Å². The molecule has 1 heterocycles. The van der Waals surface area contributed by atoms with Gasteiger partial charge in [-0.15, -0.1) is 5.10 Å². The Hall–Kier alpha value is -3.95. The van der Waals surface area contributed by atoms with Gasteiger partial charge >= 0.3 is 0 Å². The van der Waals surface area contributed by atoms with E-state index in [1.807, 2.05) is 0 Å². The Morgan fingerprint density at radius 1 is 1.10 bits per heavy atom. The first kappa shape index (κ1) is 20.8. The molecule has 9 nitrogen and oxygen atoms in total. The van der Waals surface area contributed by atoms with Crippen molar-refractivity contribution in [3.63, 3.8) is 0 Å². The molecule has 0 aliphatic rings. The third-order valence-corrected chi connectivity index (χ3v) is 4.18. The first-order valence-electron chi connectivity index (χ1n) is 8.80. The highest BCUT2D eigenvalue weighted by molar-refractivity contribution is 6.02. The van der Waals surface area contributed by atoms with Crippen LogP contribution in [0.3, 0.4) is 0 Å². The van der Waals surface area contributed by atoms with Gasteiger partial charge in [0.1, 0.15) is 11.5 Å². The normalized spacial score (nSPS) is 10.8. The zero-order valence-corrected chi connectivity index (χ0v) is 16.8.